The fraction of sp³-hybridized carbons (Fsp3) is 0.491. The van der Waals surface area contributed by atoms with Gasteiger partial charge in [0.25, 0.3) is 0 Å². The second-order valence-electron chi connectivity index (χ2n) is 17.5. The van der Waals surface area contributed by atoms with E-state index in [1.165, 1.54) is 48.9 Å². The van der Waals surface area contributed by atoms with Crippen LogP contribution < -0.4 is 25.6 Å². The second kappa shape index (κ2) is 26.3. The molecule has 3 aliphatic rings. The van der Waals surface area contributed by atoms with Crippen LogP contribution in [0.2, 0.25) is 0 Å². The molecule has 2 fully saturated rings. The molecule has 2 aromatic heterocycles. The third-order valence-electron chi connectivity index (χ3n) is 11.9. The molecule has 1 atom stereocenters. The fourth-order valence-corrected chi connectivity index (χ4v) is 7.95. The van der Waals surface area contributed by atoms with E-state index in [0.29, 0.717) is 43.0 Å². The van der Waals surface area contributed by atoms with Gasteiger partial charge in [0.15, 0.2) is 11.6 Å². The van der Waals surface area contributed by atoms with Crippen molar-refractivity contribution in [1.29, 1.82) is 0 Å². The molecule has 0 aliphatic carbocycles. The Morgan fingerprint density at radius 2 is 1.53 bits per heavy atom. The Bertz CT molecular complexity index is 2260. The van der Waals surface area contributed by atoms with Crippen LogP contribution in [0.1, 0.15) is 136 Å². The van der Waals surface area contributed by atoms with Crippen LogP contribution in [0.25, 0.3) is 0 Å². The van der Waals surface area contributed by atoms with E-state index in [1.54, 1.807) is 13.0 Å². The van der Waals surface area contributed by atoms with Crippen LogP contribution in [0, 0.1) is 19.8 Å². The molecule has 1 unspecified atom stereocenters. The van der Waals surface area contributed by atoms with Crippen molar-refractivity contribution in [2.24, 2.45) is 5.92 Å². The predicted octanol–water partition coefficient (Wildman–Crippen LogP) is 9.44. The van der Waals surface area contributed by atoms with Gasteiger partial charge in [-0.15, -0.1) is 0 Å². The minimum atomic E-state index is -0.141. The lowest BCUT2D eigenvalue weighted by molar-refractivity contribution is -0.135. The van der Waals surface area contributed by atoms with Crippen molar-refractivity contribution in [2.45, 2.75) is 127 Å². The molecule has 2 amide bonds. The highest BCUT2D eigenvalue weighted by Gasteiger charge is 2.32. The number of aromatic nitrogens is 2. The molecule has 0 radical (unpaired) electrons. The van der Waals surface area contributed by atoms with Crippen molar-refractivity contribution in [2.75, 3.05) is 54.9 Å². The molecule has 13 nitrogen and oxygen atoms in total. The summed E-state index contributed by atoms with van der Waals surface area (Å²) in [5.74, 6) is 1.43. The molecule has 66 heavy (non-hydrogen) atoms. The SMILES string of the molecule is CC1CCC(=O)NC1=O.CCCN(CCC)C1CN(c2ccc(C(C)=O)c(C(C)=O)c2)C1.CCCc1cnc(Nc2ccc(CC(C)=O)cc2)cc1CC.Cc1cnc2c(c1C)NCCO2. The Hall–Kier alpha value is -5.95. The molecular formula is C53H73N7O6. The highest BCUT2D eigenvalue weighted by molar-refractivity contribution is 6.08. The summed E-state index contributed by atoms with van der Waals surface area (Å²) in [6, 6.07) is 16.3. The van der Waals surface area contributed by atoms with E-state index in [4.69, 9.17) is 4.74 Å². The van der Waals surface area contributed by atoms with Gasteiger partial charge in [0, 0.05) is 79.3 Å². The molecule has 4 aromatic rings. The van der Waals surface area contributed by atoms with Crippen LogP contribution in [0.15, 0.2) is 60.9 Å². The monoisotopic (exact) mass is 904 g/mol. The van der Waals surface area contributed by atoms with Crippen molar-refractivity contribution in [1.82, 2.24) is 20.2 Å². The summed E-state index contributed by atoms with van der Waals surface area (Å²) >= 11 is 0. The number of imide groups is 1. The molecule has 0 spiro atoms. The Kier molecular flexibility index (Phi) is 21.0. The van der Waals surface area contributed by atoms with Crippen LogP contribution in [-0.4, -0.2) is 89.4 Å². The van der Waals surface area contributed by atoms with Gasteiger partial charge in [0.05, 0.1) is 0 Å². The van der Waals surface area contributed by atoms with Crippen LogP contribution in [-0.2, 0) is 33.6 Å². The average molecular weight is 904 g/mol. The van der Waals surface area contributed by atoms with E-state index < -0.39 is 0 Å². The minimum Gasteiger partial charge on any atom is -0.474 e. The number of pyridine rings is 2. The lowest BCUT2D eigenvalue weighted by Crippen LogP contribution is -2.59. The second-order valence-corrected chi connectivity index (χ2v) is 17.5. The maximum Gasteiger partial charge on any atom is 0.237 e. The molecule has 0 bridgehead atoms. The Morgan fingerprint density at radius 1 is 0.848 bits per heavy atom. The number of carbonyl (C=O) groups is 5. The van der Waals surface area contributed by atoms with Crippen LogP contribution in [0.3, 0.4) is 0 Å². The number of anilines is 4. The highest BCUT2D eigenvalue weighted by atomic mass is 16.5. The quantitative estimate of drug-likeness (QED) is 0.0767. The number of carbonyl (C=O) groups excluding carboxylic acids is 5. The number of nitrogens with one attached hydrogen (secondary N) is 3. The van der Waals surface area contributed by atoms with Crippen LogP contribution in [0.5, 0.6) is 5.88 Å². The van der Waals surface area contributed by atoms with Gasteiger partial charge in [-0.25, -0.2) is 9.97 Å². The summed E-state index contributed by atoms with van der Waals surface area (Å²) in [4.78, 5) is 69.3. The first kappa shape index (κ1) is 52.7. The van der Waals surface area contributed by atoms with Crippen molar-refractivity contribution in [3.8, 4) is 5.88 Å². The molecule has 2 saturated heterocycles. The summed E-state index contributed by atoms with van der Waals surface area (Å²) in [7, 11) is 0. The van der Waals surface area contributed by atoms with Gasteiger partial charge in [-0.2, -0.15) is 0 Å². The smallest absolute Gasteiger partial charge is 0.237 e. The van der Waals surface area contributed by atoms with Gasteiger partial charge in [-0.3, -0.25) is 34.2 Å². The zero-order valence-corrected chi connectivity index (χ0v) is 41.1. The fourth-order valence-electron chi connectivity index (χ4n) is 7.95. The van der Waals surface area contributed by atoms with Gasteiger partial charge in [0.2, 0.25) is 17.7 Å². The molecule has 2 aromatic carbocycles. The summed E-state index contributed by atoms with van der Waals surface area (Å²) in [5.41, 5.74) is 10.3. The first-order valence-electron chi connectivity index (χ1n) is 23.7. The lowest BCUT2D eigenvalue weighted by Gasteiger charge is -2.47. The van der Waals surface area contributed by atoms with E-state index >= 15 is 0 Å². The molecule has 7 rings (SSSR count). The van der Waals surface area contributed by atoms with E-state index in [2.05, 4.69) is 83.3 Å². The predicted molar refractivity (Wildman–Crippen MR) is 266 cm³/mol. The topological polar surface area (TPSA) is 163 Å². The van der Waals surface area contributed by atoms with Crippen molar-refractivity contribution >= 4 is 52.0 Å². The normalized spacial score (nSPS) is 15.1. The number of piperidine rings is 1. The molecule has 3 N–H and O–H groups in total. The molecule has 13 heteroatoms. The van der Waals surface area contributed by atoms with Gasteiger partial charge < -0.3 is 20.3 Å². The first-order valence-corrected chi connectivity index (χ1v) is 23.7. The molecular weight excluding hydrogens is 831 g/mol. The van der Waals surface area contributed by atoms with Crippen LogP contribution in [0.4, 0.5) is 22.9 Å². The van der Waals surface area contributed by atoms with Gasteiger partial charge in [-0.05, 0) is 144 Å². The largest absolute Gasteiger partial charge is 0.474 e. The zero-order chi connectivity index (χ0) is 48.3. The van der Waals surface area contributed by atoms with Gasteiger partial charge >= 0.3 is 0 Å². The number of benzene rings is 2. The third kappa shape index (κ3) is 15.6. The standard InChI is InChI=1S/C19H28N2O2.C19H24N2O.C9H12N2O.C6H9NO2/c1-5-9-20(10-6-2)17-12-21(13-17)16-7-8-18(14(3)22)19(11-16)15(4)23;1-4-6-17-13-20-19(12-16(17)5-2)21-18-9-7-15(8-10-18)11-14(3)22;1-6-5-11-9-8(7(6)2)10-3-4-12-9;1-4-2-3-5(8)7-6(4)9/h7-8,11,17H,5-6,9-10,12-13H2,1-4H3;7-10,12-13H,4-6,11H2,1-3H3,(H,20,21);5,10H,3-4H2,1-2H3;4H,2-3H2,1H3,(H,7,8,9). The molecule has 5 heterocycles. The summed E-state index contributed by atoms with van der Waals surface area (Å²) in [5, 5.41) is 8.87. The number of nitrogens with zero attached hydrogens (tertiary/aromatic N) is 4. The number of fused-ring (bicyclic) bond motifs is 1. The third-order valence-corrected chi connectivity index (χ3v) is 11.9. The minimum absolute atomic E-state index is 0.0164. The number of amides is 2. The number of ketones is 3. The average Bonchev–Trinajstić information content (AvgIpc) is 3.28. The highest BCUT2D eigenvalue weighted by Crippen LogP contribution is 2.30. The maximum absolute atomic E-state index is 11.8. The number of ether oxygens (including phenoxy) is 1. The number of aryl methyl sites for hydroxylation is 3. The van der Waals surface area contributed by atoms with E-state index in [0.717, 1.165) is 86.3 Å². The van der Waals surface area contributed by atoms with Crippen molar-refractivity contribution < 1.29 is 28.7 Å². The van der Waals surface area contributed by atoms with Crippen molar-refractivity contribution in [3.05, 3.63) is 99.9 Å². The van der Waals surface area contributed by atoms with E-state index in [1.807, 2.05) is 55.7 Å². The first-order chi connectivity index (χ1) is 31.6. The van der Waals surface area contributed by atoms with Gasteiger partial charge in [0.1, 0.15) is 23.9 Å². The van der Waals surface area contributed by atoms with Crippen LogP contribution >= 0.6 is 0 Å². The molecule has 3 aliphatic heterocycles. The lowest BCUT2D eigenvalue weighted by atomic mass is 9.98. The Morgan fingerprint density at radius 3 is 2.11 bits per heavy atom. The number of hydrogen-bond donors (Lipinski definition) is 3. The number of Topliss-reactive ketones (excluding diaryl/α,β-unsaturated/α-hetero) is 3. The molecule has 0 saturated carbocycles. The van der Waals surface area contributed by atoms with Gasteiger partial charge in [-0.1, -0.05) is 53.2 Å². The summed E-state index contributed by atoms with van der Waals surface area (Å²) in [6.45, 7) is 25.3. The molecule has 356 valence electrons. The maximum atomic E-state index is 11.8. The zero-order valence-electron chi connectivity index (χ0n) is 41.1. The Balaban J connectivity index is 0.000000204. The number of rotatable bonds is 15. The summed E-state index contributed by atoms with van der Waals surface area (Å²) < 4.78 is 5.39. The van der Waals surface area contributed by atoms with E-state index in [-0.39, 0.29) is 35.1 Å². The van der Waals surface area contributed by atoms with E-state index in [9.17, 15) is 24.0 Å². The summed E-state index contributed by atoms with van der Waals surface area (Å²) in [6.07, 6.45) is 11.1. The Labute approximate surface area is 392 Å². The van der Waals surface area contributed by atoms with Crippen molar-refractivity contribution in [3.63, 3.8) is 0 Å². The number of hydrogen-bond acceptors (Lipinski definition) is 12.